The summed E-state index contributed by atoms with van der Waals surface area (Å²) in [6.45, 7) is 3.59. The summed E-state index contributed by atoms with van der Waals surface area (Å²) in [6, 6.07) is 5.48. The molecule has 0 atom stereocenters. The van der Waals surface area contributed by atoms with Gasteiger partial charge in [0.2, 0.25) is 0 Å². The molecule has 0 aromatic heterocycles. The molecule has 0 aliphatic heterocycles. The highest BCUT2D eigenvalue weighted by Gasteiger charge is 2.35. The number of halogens is 1. The van der Waals surface area contributed by atoms with Crippen LogP contribution < -0.4 is 5.32 Å². The van der Waals surface area contributed by atoms with Crippen LogP contribution in [0.4, 0.5) is 4.39 Å². The fraction of sp³-hybridized carbons (Fsp3) is 0.571. The van der Waals surface area contributed by atoms with Crippen molar-refractivity contribution in [3.63, 3.8) is 0 Å². The normalized spacial score (nSPS) is 17.8. The Morgan fingerprint density at radius 2 is 2.18 bits per heavy atom. The molecule has 0 bridgehead atoms. The summed E-state index contributed by atoms with van der Waals surface area (Å²) in [5.74, 6) is -0.104. The number of benzene rings is 1. The molecule has 0 saturated heterocycles. The van der Waals surface area contributed by atoms with E-state index in [4.69, 9.17) is 0 Å². The number of nitrogens with one attached hydrogen (secondary N) is 1. The highest BCUT2D eigenvalue weighted by atomic mass is 32.2. The number of thioether (sulfide) groups is 1. The van der Waals surface area contributed by atoms with Crippen LogP contribution in [0.5, 0.6) is 0 Å². The van der Waals surface area contributed by atoms with Crippen LogP contribution in [0.3, 0.4) is 0 Å². The molecule has 1 N–H and O–H groups in total. The highest BCUT2D eigenvalue weighted by molar-refractivity contribution is 8.00. The van der Waals surface area contributed by atoms with Crippen molar-refractivity contribution in [2.75, 3.05) is 12.8 Å². The first-order valence-corrected chi connectivity index (χ1v) is 7.39. The molecule has 2 rings (SSSR count). The third-order valence-electron chi connectivity index (χ3n) is 3.71. The summed E-state index contributed by atoms with van der Waals surface area (Å²) in [5, 5.41) is 3.45. The van der Waals surface area contributed by atoms with Crippen LogP contribution in [0.25, 0.3) is 0 Å². The molecule has 0 heterocycles. The van der Waals surface area contributed by atoms with Crippen LogP contribution in [0, 0.1) is 12.7 Å². The summed E-state index contributed by atoms with van der Waals surface area (Å²) in [6.07, 6.45) is 6.15. The first-order chi connectivity index (χ1) is 8.15. The maximum Gasteiger partial charge on any atom is 0.126 e. The predicted molar refractivity (Wildman–Crippen MR) is 72.9 cm³/mol. The molecule has 0 unspecified atom stereocenters. The fourth-order valence-electron chi connectivity index (χ4n) is 2.21. The zero-order valence-corrected chi connectivity index (χ0v) is 11.4. The monoisotopic (exact) mass is 253 g/mol. The van der Waals surface area contributed by atoms with Gasteiger partial charge >= 0.3 is 0 Å². The largest absolute Gasteiger partial charge is 0.311 e. The lowest BCUT2D eigenvalue weighted by Crippen LogP contribution is -2.43. The Morgan fingerprint density at radius 3 is 2.71 bits per heavy atom. The number of aryl methyl sites for hydroxylation is 1. The molecule has 1 aliphatic rings. The van der Waals surface area contributed by atoms with E-state index in [9.17, 15) is 4.39 Å². The van der Waals surface area contributed by atoms with Crippen LogP contribution in [-0.4, -0.2) is 17.5 Å². The first-order valence-electron chi connectivity index (χ1n) is 6.16. The van der Waals surface area contributed by atoms with Gasteiger partial charge in [-0.3, -0.25) is 0 Å². The van der Waals surface area contributed by atoms with E-state index in [2.05, 4.69) is 11.6 Å². The van der Waals surface area contributed by atoms with Gasteiger partial charge < -0.3 is 5.32 Å². The molecule has 1 aromatic rings. The molecule has 1 fully saturated rings. The minimum Gasteiger partial charge on any atom is -0.311 e. The third-order valence-corrected chi connectivity index (χ3v) is 5.13. The second-order valence-electron chi connectivity index (χ2n) is 4.93. The van der Waals surface area contributed by atoms with Crippen LogP contribution in [0.2, 0.25) is 0 Å². The molecule has 1 aromatic carbocycles. The van der Waals surface area contributed by atoms with E-state index in [-0.39, 0.29) is 5.82 Å². The van der Waals surface area contributed by atoms with E-state index in [1.54, 1.807) is 13.0 Å². The van der Waals surface area contributed by atoms with Crippen LogP contribution in [-0.2, 0) is 6.54 Å². The number of hydrogen-bond acceptors (Lipinski definition) is 2. The molecular weight excluding hydrogens is 233 g/mol. The summed E-state index contributed by atoms with van der Waals surface area (Å²) in [5.41, 5.74) is 1.75. The Bertz CT molecular complexity index is 382. The van der Waals surface area contributed by atoms with Gasteiger partial charge in [-0.25, -0.2) is 4.39 Å². The highest BCUT2D eigenvalue weighted by Crippen LogP contribution is 2.42. The first kappa shape index (κ1) is 12.9. The van der Waals surface area contributed by atoms with Gasteiger partial charge in [0.05, 0.1) is 0 Å². The van der Waals surface area contributed by atoms with Crippen molar-refractivity contribution in [3.8, 4) is 0 Å². The smallest absolute Gasteiger partial charge is 0.126 e. The van der Waals surface area contributed by atoms with Crippen molar-refractivity contribution in [1.29, 1.82) is 0 Å². The lowest BCUT2D eigenvalue weighted by Gasteiger charge is -2.40. The van der Waals surface area contributed by atoms with Crippen molar-refractivity contribution in [3.05, 3.63) is 35.1 Å². The Labute approximate surface area is 107 Å². The van der Waals surface area contributed by atoms with Crippen LogP contribution in [0.1, 0.15) is 30.4 Å². The maximum absolute atomic E-state index is 13.4. The van der Waals surface area contributed by atoms with E-state index < -0.39 is 0 Å². The van der Waals surface area contributed by atoms with Gasteiger partial charge in [0.25, 0.3) is 0 Å². The van der Waals surface area contributed by atoms with Gasteiger partial charge in [-0.2, -0.15) is 11.8 Å². The third kappa shape index (κ3) is 3.02. The zero-order chi connectivity index (χ0) is 12.3. The summed E-state index contributed by atoms with van der Waals surface area (Å²) in [7, 11) is 0. The lowest BCUT2D eigenvalue weighted by molar-refractivity contribution is 0.345. The predicted octanol–water partition coefficient (Wildman–Crippen LogP) is 3.51. The second kappa shape index (κ2) is 5.40. The molecule has 94 valence electrons. The van der Waals surface area contributed by atoms with Crippen LogP contribution in [0.15, 0.2) is 18.2 Å². The molecular formula is C14H20FNS. The van der Waals surface area contributed by atoms with E-state index in [1.165, 1.54) is 19.3 Å². The average molecular weight is 253 g/mol. The van der Waals surface area contributed by atoms with Gasteiger partial charge in [0.15, 0.2) is 0 Å². The molecule has 3 heteroatoms. The molecule has 1 nitrogen and oxygen atoms in total. The quantitative estimate of drug-likeness (QED) is 0.862. The Hall–Kier alpha value is -0.540. The summed E-state index contributed by atoms with van der Waals surface area (Å²) in [4.78, 5) is 0. The van der Waals surface area contributed by atoms with Gasteiger partial charge in [-0.05, 0) is 43.2 Å². The molecule has 1 saturated carbocycles. The van der Waals surface area contributed by atoms with Gasteiger partial charge in [0, 0.05) is 17.8 Å². The summed E-state index contributed by atoms with van der Waals surface area (Å²) < 4.78 is 13.8. The molecule has 0 radical (unpaired) electrons. The van der Waals surface area contributed by atoms with Crippen LogP contribution >= 0.6 is 11.8 Å². The zero-order valence-electron chi connectivity index (χ0n) is 10.6. The van der Waals surface area contributed by atoms with Gasteiger partial charge in [-0.1, -0.05) is 18.6 Å². The van der Waals surface area contributed by atoms with Gasteiger partial charge in [0.1, 0.15) is 5.82 Å². The second-order valence-corrected chi connectivity index (χ2v) is 6.20. The molecule has 17 heavy (non-hydrogen) atoms. The number of hydrogen-bond donors (Lipinski definition) is 1. The average Bonchev–Trinajstić information content (AvgIpc) is 2.27. The molecule has 0 spiro atoms. The minimum absolute atomic E-state index is 0.104. The number of rotatable bonds is 5. The lowest BCUT2D eigenvalue weighted by atomic mass is 9.84. The molecule has 0 amide bonds. The Kier molecular flexibility index (Phi) is 4.10. The van der Waals surface area contributed by atoms with Crippen molar-refractivity contribution < 1.29 is 4.39 Å². The fourth-order valence-corrected chi connectivity index (χ4v) is 3.15. The van der Waals surface area contributed by atoms with Crippen molar-refractivity contribution >= 4 is 11.8 Å². The van der Waals surface area contributed by atoms with E-state index in [0.29, 0.717) is 10.3 Å². The van der Waals surface area contributed by atoms with Crippen molar-refractivity contribution in [1.82, 2.24) is 5.32 Å². The standard InChI is InChI=1S/C14H20FNS/c1-11-4-5-12(8-13(11)15)9-16-10-14(17-2)6-3-7-14/h4-5,8,16H,3,6-7,9-10H2,1-2H3. The maximum atomic E-state index is 13.4. The SMILES string of the molecule is CSC1(CNCc2ccc(C)c(F)c2)CCC1. The Balaban J connectivity index is 1.83. The molecule has 1 aliphatic carbocycles. The van der Waals surface area contributed by atoms with Gasteiger partial charge in [-0.15, -0.1) is 0 Å². The Morgan fingerprint density at radius 1 is 1.41 bits per heavy atom. The van der Waals surface area contributed by atoms with E-state index in [1.807, 2.05) is 23.9 Å². The van der Waals surface area contributed by atoms with E-state index >= 15 is 0 Å². The summed E-state index contributed by atoms with van der Waals surface area (Å²) >= 11 is 1.96. The minimum atomic E-state index is -0.104. The van der Waals surface area contributed by atoms with Crippen molar-refractivity contribution in [2.24, 2.45) is 0 Å². The van der Waals surface area contributed by atoms with E-state index in [0.717, 1.165) is 18.7 Å². The topological polar surface area (TPSA) is 12.0 Å². The van der Waals surface area contributed by atoms with Crippen molar-refractivity contribution in [2.45, 2.75) is 37.5 Å².